The Morgan fingerprint density at radius 1 is 1.24 bits per heavy atom. The van der Waals surface area contributed by atoms with Crippen LogP contribution in [0.4, 0.5) is 0 Å². The van der Waals surface area contributed by atoms with Crippen LogP contribution in [-0.4, -0.2) is 23.4 Å². The summed E-state index contributed by atoms with van der Waals surface area (Å²) in [5.41, 5.74) is 1.87. The van der Waals surface area contributed by atoms with Crippen LogP contribution in [-0.2, 0) is 4.74 Å². The summed E-state index contributed by atoms with van der Waals surface area (Å²) in [5.74, 6) is 0. The van der Waals surface area contributed by atoms with E-state index in [1.165, 1.54) is 0 Å². The van der Waals surface area contributed by atoms with E-state index in [-0.39, 0.29) is 5.56 Å². The van der Waals surface area contributed by atoms with Gasteiger partial charge in [0.05, 0.1) is 24.3 Å². The maximum Gasteiger partial charge on any atom is 0.272 e. The SMILES string of the molecule is O=c1[nH]nc(C2=CCOCC2)c2ccccc12. The maximum absolute atomic E-state index is 11.7. The fourth-order valence-electron chi connectivity index (χ4n) is 2.10. The van der Waals surface area contributed by atoms with Gasteiger partial charge >= 0.3 is 0 Å². The van der Waals surface area contributed by atoms with Crippen molar-refractivity contribution < 1.29 is 4.74 Å². The second-order valence-electron chi connectivity index (χ2n) is 4.00. The molecule has 1 aromatic carbocycles. The minimum Gasteiger partial charge on any atom is -0.377 e. The van der Waals surface area contributed by atoms with Gasteiger partial charge in [0, 0.05) is 5.39 Å². The van der Waals surface area contributed by atoms with Crippen molar-refractivity contribution in [1.82, 2.24) is 10.2 Å². The molecular weight excluding hydrogens is 216 g/mol. The number of hydrogen-bond donors (Lipinski definition) is 1. The number of nitrogens with zero attached hydrogens (tertiary/aromatic N) is 1. The fraction of sp³-hybridized carbons (Fsp3) is 0.231. The van der Waals surface area contributed by atoms with Gasteiger partial charge in [0.15, 0.2) is 0 Å². The van der Waals surface area contributed by atoms with Gasteiger partial charge in [-0.3, -0.25) is 4.79 Å². The zero-order valence-electron chi connectivity index (χ0n) is 9.27. The summed E-state index contributed by atoms with van der Waals surface area (Å²) in [6.45, 7) is 1.32. The number of ether oxygens (including phenoxy) is 1. The van der Waals surface area contributed by atoms with Gasteiger partial charge in [0.1, 0.15) is 0 Å². The summed E-state index contributed by atoms with van der Waals surface area (Å²) < 4.78 is 5.28. The number of H-pyrrole nitrogens is 1. The molecule has 3 rings (SSSR count). The van der Waals surface area contributed by atoms with Crippen molar-refractivity contribution in [3.63, 3.8) is 0 Å². The maximum atomic E-state index is 11.7. The number of fused-ring (bicyclic) bond motifs is 1. The third-order valence-electron chi connectivity index (χ3n) is 2.96. The lowest BCUT2D eigenvalue weighted by atomic mass is 10.0. The Balaban J connectivity index is 2.27. The van der Waals surface area contributed by atoms with Gasteiger partial charge in [-0.2, -0.15) is 5.10 Å². The van der Waals surface area contributed by atoms with Gasteiger partial charge < -0.3 is 4.74 Å². The van der Waals surface area contributed by atoms with E-state index < -0.39 is 0 Å². The first kappa shape index (κ1) is 10.2. The molecule has 0 aliphatic carbocycles. The minimum absolute atomic E-state index is 0.142. The van der Waals surface area contributed by atoms with E-state index >= 15 is 0 Å². The van der Waals surface area contributed by atoms with Crippen molar-refractivity contribution in [1.29, 1.82) is 0 Å². The summed E-state index contributed by atoms with van der Waals surface area (Å²) in [7, 11) is 0. The number of aromatic nitrogens is 2. The molecule has 0 saturated carbocycles. The average molecular weight is 228 g/mol. The van der Waals surface area contributed by atoms with Crippen LogP contribution >= 0.6 is 0 Å². The molecule has 1 aromatic heterocycles. The Labute approximate surface area is 97.9 Å². The first-order valence-electron chi connectivity index (χ1n) is 5.61. The van der Waals surface area contributed by atoms with Gasteiger partial charge in [0.25, 0.3) is 5.56 Å². The predicted molar refractivity (Wildman–Crippen MR) is 65.8 cm³/mol. The standard InChI is InChI=1S/C13H12N2O2/c16-13-11-4-2-1-3-10(11)12(14-15-13)9-5-7-17-8-6-9/h1-5H,6-8H2,(H,15,16). The quantitative estimate of drug-likeness (QED) is 0.808. The molecule has 0 radical (unpaired) electrons. The molecule has 0 saturated heterocycles. The van der Waals surface area contributed by atoms with E-state index in [9.17, 15) is 4.79 Å². The van der Waals surface area contributed by atoms with E-state index in [0.717, 1.165) is 23.1 Å². The normalized spacial score (nSPS) is 15.9. The van der Waals surface area contributed by atoms with Gasteiger partial charge in [-0.25, -0.2) is 5.10 Å². The molecule has 0 fully saturated rings. The zero-order valence-corrected chi connectivity index (χ0v) is 9.27. The zero-order chi connectivity index (χ0) is 11.7. The molecule has 0 amide bonds. The first-order chi connectivity index (χ1) is 8.36. The van der Waals surface area contributed by atoms with E-state index in [0.29, 0.717) is 18.6 Å². The van der Waals surface area contributed by atoms with E-state index in [4.69, 9.17) is 4.74 Å². The van der Waals surface area contributed by atoms with Gasteiger partial charge in [-0.1, -0.05) is 24.3 Å². The van der Waals surface area contributed by atoms with Crippen LogP contribution in [0.25, 0.3) is 16.3 Å². The molecule has 2 aromatic rings. The predicted octanol–water partition coefficient (Wildman–Crippen LogP) is 1.73. The van der Waals surface area contributed by atoms with Crippen molar-refractivity contribution in [2.24, 2.45) is 0 Å². The van der Waals surface area contributed by atoms with Crippen molar-refractivity contribution in [2.45, 2.75) is 6.42 Å². The number of nitrogens with one attached hydrogen (secondary N) is 1. The van der Waals surface area contributed by atoms with E-state index in [2.05, 4.69) is 10.2 Å². The number of hydrogen-bond acceptors (Lipinski definition) is 3. The highest BCUT2D eigenvalue weighted by molar-refractivity contribution is 5.91. The second kappa shape index (κ2) is 4.14. The largest absolute Gasteiger partial charge is 0.377 e. The summed E-state index contributed by atoms with van der Waals surface area (Å²) in [6, 6.07) is 7.54. The molecule has 2 heterocycles. The highest BCUT2D eigenvalue weighted by Gasteiger charge is 2.12. The molecule has 0 atom stereocenters. The highest BCUT2D eigenvalue weighted by Crippen LogP contribution is 2.24. The Morgan fingerprint density at radius 3 is 2.82 bits per heavy atom. The number of benzene rings is 1. The molecule has 1 aliphatic heterocycles. The highest BCUT2D eigenvalue weighted by atomic mass is 16.5. The molecule has 0 unspecified atom stereocenters. The van der Waals surface area contributed by atoms with Crippen molar-refractivity contribution >= 4 is 16.3 Å². The molecule has 4 heteroatoms. The summed E-state index contributed by atoms with van der Waals surface area (Å²) >= 11 is 0. The van der Waals surface area contributed by atoms with Gasteiger partial charge in [0.2, 0.25) is 0 Å². The van der Waals surface area contributed by atoms with Crippen LogP contribution < -0.4 is 5.56 Å². The molecule has 4 nitrogen and oxygen atoms in total. The first-order valence-corrected chi connectivity index (χ1v) is 5.61. The van der Waals surface area contributed by atoms with Crippen LogP contribution in [0.1, 0.15) is 12.1 Å². The monoisotopic (exact) mass is 228 g/mol. The molecule has 0 spiro atoms. The number of rotatable bonds is 1. The Bertz CT molecular complexity index is 643. The lowest BCUT2D eigenvalue weighted by Gasteiger charge is -2.13. The third kappa shape index (κ3) is 1.76. The minimum atomic E-state index is -0.142. The van der Waals surface area contributed by atoms with Gasteiger partial charge in [-0.05, 0) is 18.1 Å². The van der Waals surface area contributed by atoms with Crippen LogP contribution in [0.5, 0.6) is 0 Å². The number of aromatic amines is 1. The van der Waals surface area contributed by atoms with Crippen molar-refractivity contribution in [2.75, 3.05) is 13.2 Å². The topological polar surface area (TPSA) is 55.0 Å². The van der Waals surface area contributed by atoms with Crippen LogP contribution in [0.3, 0.4) is 0 Å². The lowest BCUT2D eigenvalue weighted by molar-refractivity contribution is 0.161. The van der Waals surface area contributed by atoms with Crippen molar-refractivity contribution in [3.8, 4) is 0 Å². The Kier molecular flexibility index (Phi) is 2.49. The van der Waals surface area contributed by atoms with Crippen LogP contribution in [0.15, 0.2) is 35.1 Å². The van der Waals surface area contributed by atoms with E-state index in [1.54, 1.807) is 0 Å². The molecule has 17 heavy (non-hydrogen) atoms. The lowest BCUT2D eigenvalue weighted by Crippen LogP contribution is -2.12. The molecule has 1 aliphatic rings. The molecular formula is C13H12N2O2. The van der Waals surface area contributed by atoms with Gasteiger partial charge in [-0.15, -0.1) is 0 Å². The molecule has 0 bridgehead atoms. The smallest absolute Gasteiger partial charge is 0.272 e. The molecule has 86 valence electrons. The third-order valence-corrected chi connectivity index (χ3v) is 2.96. The van der Waals surface area contributed by atoms with Crippen LogP contribution in [0, 0.1) is 0 Å². The summed E-state index contributed by atoms with van der Waals surface area (Å²) in [4.78, 5) is 11.7. The second-order valence-corrected chi connectivity index (χ2v) is 4.00. The Morgan fingerprint density at radius 2 is 2.06 bits per heavy atom. The summed E-state index contributed by atoms with van der Waals surface area (Å²) in [5, 5.41) is 8.31. The van der Waals surface area contributed by atoms with Crippen molar-refractivity contribution in [3.05, 3.63) is 46.4 Å². The summed E-state index contributed by atoms with van der Waals surface area (Å²) in [6.07, 6.45) is 2.86. The van der Waals surface area contributed by atoms with Crippen LogP contribution in [0.2, 0.25) is 0 Å². The Hall–Kier alpha value is -1.94. The fourth-order valence-corrected chi connectivity index (χ4v) is 2.10. The molecule has 1 N–H and O–H groups in total. The average Bonchev–Trinajstić information content (AvgIpc) is 2.41. The van der Waals surface area contributed by atoms with E-state index in [1.807, 2.05) is 30.3 Å².